The minimum absolute atomic E-state index is 0.788. The number of hydrogen-bond donors (Lipinski definition) is 1. The second kappa shape index (κ2) is 10.3. The van der Waals surface area contributed by atoms with Crippen molar-refractivity contribution in [3.63, 3.8) is 0 Å². The Labute approximate surface area is 153 Å². The zero-order chi connectivity index (χ0) is 18.0. The van der Waals surface area contributed by atoms with E-state index in [9.17, 15) is 0 Å². The van der Waals surface area contributed by atoms with E-state index in [-0.39, 0.29) is 0 Å². The van der Waals surface area contributed by atoms with E-state index in [2.05, 4.69) is 79.7 Å². The number of rotatable bonds is 11. The minimum atomic E-state index is 0.788. The first-order chi connectivity index (χ1) is 12.1. The highest BCUT2D eigenvalue weighted by molar-refractivity contribution is 5.17. The van der Waals surface area contributed by atoms with Crippen molar-refractivity contribution < 1.29 is 4.48 Å². The molecule has 0 atom stereocenters. The van der Waals surface area contributed by atoms with Crippen molar-refractivity contribution in [1.82, 2.24) is 4.90 Å². The molecule has 2 N–H and O–H groups in total. The van der Waals surface area contributed by atoms with Crippen LogP contribution in [-0.4, -0.2) is 49.7 Å². The average molecular weight is 341 g/mol. The molecule has 0 aliphatic carbocycles. The zero-order valence-corrected chi connectivity index (χ0v) is 15.9. The van der Waals surface area contributed by atoms with Gasteiger partial charge in [-0.2, -0.15) is 0 Å². The highest BCUT2D eigenvalue weighted by Gasteiger charge is 2.15. The molecule has 0 bridgehead atoms. The van der Waals surface area contributed by atoms with Gasteiger partial charge in [0.1, 0.15) is 0 Å². The molecular formula is C22H34N3+. The van der Waals surface area contributed by atoms with Crippen LogP contribution in [0.2, 0.25) is 0 Å². The molecule has 3 nitrogen and oxygen atoms in total. The van der Waals surface area contributed by atoms with Crippen molar-refractivity contribution in [2.24, 2.45) is 5.73 Å². The molecule has 0 amide bonds. The van der Waals surface area contributed by atoms with Crippen LogP contribution in [0.4, 0.5) is 0 Å². The zero-order valence-electron chi connectivity index (χ0n) is 15.9. The first-order valence-corrected chi connectivity index (χ1v) is 9.41. The van der Waals surface area contributed by atoms with E-state index >= 15 is 0 Å². The highest BCUT2D eigenvalue weighted by Crippen LogP contribution is 2.11. The normalized spacial score (nSPS) is 11.8. The molecule has 0 spiro atoms. The highest BCUT2D eigenvalue weighted by atomic mass is 15.3. The first kappa shape index (κ1) is 19.6. The Bertz CT molecular complexity index is 539. The monoisotopic (exact) mass is 340 g/mol. The van der Waals surface area contributed by atoms with Crippen LogP contribution in [0.5, 0.6) is 0 Å². The van der Waals surface area contributed by atoms with Gasteiger partial charge in [0.05, 0.1) is 27.2 Å². The van der Waals surface area contributed by atoms with Crippen molar-refractivity contribution in [1.29, 1.82) is 0 Å². The first-order valence-electron chi connectivity index (χ1n) is 9.41. The molecule has 0 aliphatic heterocycles. The number of quaternary nitrogens is 1. The molecule has 2 aromatic rings. The van der Waals surface area contributed by atoms with Gasteiger partial charge in [0.15, 0.2) is 0 Å². The molecule has 0 saturated heterocycles. The largest absolute Gasteiger partial charge is 0.330 e. The van der Waals surface area contributed by atoms with Gasteiger partial charge in [-0.3, -0.25) is 4.90 Å². The van der Waals surface area contributed by atoms with Crippen molar-refractivity contribution in [2.45, 2.75) is 25.9 Å². The van der Waals surface area contributed by atoms with Gasteiger partial charge >= 0.3 is 0 Å². The Morgan fingerprint density at radius 3 is 1.72 bits per heavy atom. The van der Waals surface area contributed by atoms with E-state index < -0.39 is 0 Å². The van der Waals surface area contributed by atoms with E-state index in [1.165, 1.54) is 24.1 Å². The van der Waals surface area contributed by atoms with Gasteiger partial charge in [0.2, 0.25) is 0 Å². The van der Waals surface area contributed by atoms with Gasteiger partial charge in [-0.1, -0.05) is 60.7 Å². The summed E-state index contributed by atoms with van der Waals surface area (Å²) < 4.78 is 1.06. The molecule has 0 aromatic heterocycles. The predicted molar refractivity (Wildman–Crippen MR) is 107 cm³/mol. The van der Waals surface area contributed by atoms with Crippen LogP contribution in [-0.2, 0) is 13.1 Å². The van der Waals surface area contributed by atoms with Gasteiger partial charge in [0.25, 0.3) is 0 Å². The molecule has 136 valence electrons. The van der Waals surface area contributed by atoms with E-state index in [1.807, 2.05) is 0 Å². The molecule has 3 heteroatoms. The Morgan fingerprint density at radius 1 is 0.760 bits per heavy atom. The van der Waals surface area contributed by atoms with Gasteiger partial charge in [0, 0.05) is 32.5 Å². The molecule has 0 heterocycles. The van der Waals surface area contributed by atoms with Crippen LogP contribution in [0.25, 0.3) is 0 Å². The van der Waals surface area contributed by atoms with Gasteiger partial charge in [-0.15, -0.1) is 0 Å². The lowest BCUT2D eigenvalue weighted by atomic mass is 10.1. The standard InChI is InChI=1S/C22H34N3/c1-25(2,17-9-15-23)18-10-16-24(19-21-11-5-3-6-12-21)20-22-13-7-4-8-14-22/h3-8,11-14H,9-10,15-20,23H2,1-2H3/q+1. The molecule has 2 aromatic carbocycles. The van der Waals surface area contributed by atoms with Crippen molar-refractivity contribution in [3.8, 4) is 0 Å². The summed E-state index contributed by atoms with van der Waals surface area (Å²) in [5.74, 6) is 0. The summed E-state index contributed by atoms with van der Waals surface area (Å²) >= 11 is 0. The third kappa shape index (κ3) is 7.82. The van der Waals surface area contributed by atoms with E-state index in [1.54, 1.807) is 0 Å². The maximum atomic E-state index is 5.67. The molecule has 2 rings (SSSR count). The molecular weight excluding hydrogens is 306 g/mol. The quantitative estimate of drug-likeness (QED) is 0.634. The molecule has 0 unspecified atom stereocenters. The van der Waals surface area contributed by atoms with Crippen molar-refractivity contribution in [2.75, 3.05) is 40.3 Å². The lowest BCUT2D eigenvalue weighted by Crippen LogP contribution is -2.43. The Morgan fingerprint density at radius 2 is 1.24 bits per heavy atom. The fraction of sp³-hybridized carbons (Fsp3) is 0.455. The number of nitrogens with zero attached hydrogens (tertiary/aromatic N) is 2. The number of benzene rings is 2. The van der Waals surface area contributed by atoms with Crippen LogP contribution in [0.15, 0.2) is 60.7 Å². The van der Waals surface area contributed by atoms with Crippen molar-refractivity contribution in [3.05, 3.63) is 71.8 Å². The second-order valence-electron chi connectivity index (χ2n) is 7.56. The predicted octanol–water partition coefficient (Wildman–Crippen LogP) is 3.50. The summed E-state index contributed by atoms with van der Waals surface area (Å²) in [7, 11) is 4.63. The van der Waals surface area contributed by atoms with Crippen LogP contribution >= 0.6 is 0 Å². The Hall–Kier alpha value is -1.68. The topological polar surface area (TPSA) is 29.3 Å². The van der Waals surface area contributed by atoms with E-state index in [0.717, 1.165) is 43.6 Å². The Balaban J connectivity index is 1.92. The smallest absolute Gasteiger partial charge is 0.0794 e. The molecule has 0 aliphatic rings. The van der Waals surface area contributed by atoms with E-state index in [0.29, 0.717) is 0 Å². The summed E-state index contributed by atoms with van der Waals surface area (Å²) in [4.78, 5) is 2.56. The second-order valence-corrected chi connectivity index (χ2v) is 7.56. The minimum Gasteiger partial charge on any atom is -0.330 e. The third-order valence-corrected chi connectivity index (χ3v) is 4.70. The van der Waals surface area contributed by atoms with Gasteiger partial charge in [-0.05, 0) is 17.7 Å². The number of hydrogen-bond acceptors (Lipinski definition) is 2. The molecule has 0 fully saturated rings. The SMILES string of the molecule is C[N+](C)(CCCN)CCCN(Cc1ccccc1)Cc1ccccc1. The average Bonchev–Trinajstić information content (AvgIpc) is 2.61. The van der Waals surface area contributed by atoms with E-state index in [4.69, 9.17) is 5.73 Å². The summed E-state index contributed by atoms with van der Waals surface area (Å²) in [5.41, 5.74) is 8.44. The summed E-state index contributed by atoms with van der Waals surface area (Å²) in [6.07, 6.45) is 2.31. The van der Waals surface area contributed by atoms with Crippen molar-refractivity contribution >= 4 is 0 Å². The maximum Gasteiger partial charge on any atom is 0.0794 e. The third-order valence-electron chi connectivity index (χ3n) is 4.70. The lowest BCUT2D eigenvalue weighted by Gasteiger charge is -2.31. The van der Waals surface area contributed by atoms with Gasteiger partial charge < -0.3 is 10.2 Å². The van der Waals surface area contributed by atoms with Gasteiger partial charge in [-0.25, -0.2) is 0 Å². The molecule has 0 saturated carbocycles. The fourth-order valence-electron chi connectivity index (χ4n) is 3.25. The van der Waals surface area contributed by atoms with Crippen LogP contribution < -0.4 is 5.73 Å². The fourth-order valence-corrected chi connectivity index (χ4v) is 3.25. The summed E-state index contributed by atoms with van der Waals surface area (Å²) in [6, 6.07) is 21.6. The summed E-state index contributed by atoms with van der Waals surface area (Å²) in [5, 5.41) is 0. The van der Waals surface area contributed by atoms with Crippen LogP contribution in [0.1, 0.15) is 24.0 Å². The van der Waals surface area contributed by atoms with Crippen LogP contribution in [0, 0.1) is 0 Å². The molecule has 25 heavy (non-hydrogen) atoms. The summed E-state index contributed by atoms with van der Waals surface area (Å²) in [6.45, 7) is 6.27. The number of nitrogens with two attached hydrogens (primary N) is 1. The molecule has 0 radical (unpaired) electrons. The van der Waals surface area contributed by atoms with Crippen LogP contribution in [0.3, 0.4) is 0 Å². The Kier molecular flexibility index (Phi) is 8.13. The maximum absolute atomic E-state index is 5.67. The lowest BCUT2D eigenvalue weighted by molar-refractivity contribution is -0.890.